The molecule has 3 heterocycles. The number of rotatable bonds is 6. The third-order valence-electron chi connectivity index (χ3n) is 14.5. The van der Waals surface area contributed by atoms with Crippen molar-refractivity contribution in [3.63, 3.8) is 0 Å². The molecule has 0 aromatic rings. The number of aliphatic hydroxyl groups excluding tert-OH is 2. The zero-order chi connectivity index (χ0) is 48.2. The van der Waals surface area contributed by atoms with Crippen LogP contribution < -0.4 is 0 Å². The number of Topliss-reactive ketones (excluding diaryl/α,β-unsaturated/α-hetero) is 3. The topological polar surface area (TPSA) is 195 Å². The second-order valence-corrected chi connectivity index (χ2v) is 19.6. The number of piperidine rings is 1. The summed E-state index contributed by atoms with van der Waals surface area (Å²) in [7, 11) is 4.52. The van der Waals surface area contributed by atoms with Crippen molar-refractivity contribution in [1.29, 1.82) is 0 Å². The van der Waals surface area contributed by atoms with Gasteiger partial charge in [0.25, 0.3) is 11.7 Å². The zero-order valence-corrected chi connectivity index (χ0v) is 40.6. The summed E-state index contributed by atoms with van der Waals surface area (Å²) in [6.45, 7) is 12.7. The number of methoxy groups -OCH3 is 3. The van der Waals surface area contributed by atoms with Crippen LogP contribution in [0.1, 0.15) is 126 Å². The molecule has 3 aliphatic heterocycles. The summed E-state index contributed by atoms with van der Waals surface area (Å²) in [4.78, 5) is 71.8. The van der Waals surface area contributed by atoms with Crippen molar-refractivity contribution in [3.8, 4) is 0 Å². The van der Waals surface area contributed by atoms with E-state index in [1.807, 2.05) is 58.1 Å². The van der Waals surface area contributed by atoms with Crippen molar-refractivity contribution in [1.82, 2.24) is 4.90 Å². The first-order chi connectivity index (χ1) is 30.7. The fourth-order valence-corrected chi connectivity index (χ4v) is 10.1. The molecule has 14 heteroatoms. The Bertz CT molecular complexity index is 1760. The molecule has 65 heavy (non-hydrogen) atoms. The van der Waals surface area contributed by atoms with Gasteiger partial charge in [-0.05, 0) is 107 Å². The highest BCUT2D eigenvalue weighted by Crippen LogP contribution is 2.38. The van der Waals surface area contributed by atoms with Gasteiger partial charge in [0.15, 0.2) is 5.78 Å². The van der Waals surface area contributed by atoms with Gasteiger partial charge in [-0.1, -0.05) is 71.1 Å². The third-order valence-corrected chi connectivity index (χ3v) is 14.5. The Morgan fingerprint density at radius 1 is 0.846 bits per heavy atom. The number of esters is 1. The summed E-state index contributed by atoms with van der Waals surface area (Å²) >= 11 is 0. The van der Waals surface area contributed by atoms with Crippen LogP contribution >= 0.6 is 0 Å². The van der Waals surface area contributed by atoms with E-state index in [2.05, 4.69) is 0 Å². The molecule has 14 nitrogen and oxygen atoms in total. The lowest BCUT2D eigenvalue weighted by Crippen LogP contribution is -2.61. The van der Waals surface area contributed by atoms with Gasteiger partial charge in [-0.3, -0.25) is 19.2 Å². The molecule has 0 spiro atoms. The van der Waals surface area contributed by atoms with E-state index in [1.54, 1.807) is 41.1 Å². The number of aliphatic hydroxyl groups is 3. The molecule has 0 aromatic heterocycles. The van der Waals surface area contributed by atoms with Crippen molar-refractivity contribution in [2.45, 2.75) is 180 Å². The van der Waals surface area contributed by atoms with Crippen LogP contribution in [-0.4, -0.2) is 132 Å². The molecule has 0 aromatic carbocycles. The van der Waals surface area contributed by atoms with Crippen LogP contribution in [0.5, 0.6) is 0 Å². The molecule has 4 rings (SSSR count). The lowest BCUT2D eigenvalue weighted by atomic mass is 9.78. The first kappa shape index (κ1) is 54.2. The Hall–Kier alpha value is -3.37. The SMILES string of the molecule is COC1CC(C[C@@H](C)[C@@H]2CC(=O)[C@H](C)C=C(C)[C@@H](O)C(OC)C(=O)C(C)C[C@H](C)C=CC=CC=C(C)[C@@H](OC)C[C@@H]3CC[C@@H](C)C(O)(O3)C(=O)C(=O)N3CCCCC3C(=O)O2)CC[C@H]1O. The second-order valence-electron chi connectivity index (χ2n) is 19.6. The highest BCUT2D eigenvalue weighted by atomic mass is 16.6. The fourth-order valence-electron chi connectivity index (χ4n) is 10.1. The minimum atomic E-state index is -2.43. The number of cyclic esters (lactones) is 1. The number of nitrogens with zero attached hydrogens (tertiary/aromatic N) is 1. The predicted octanol–water partition coefficient (Wildman–Crippen LogP) is 6.18. The summed E-state index contributed by atoms with van der Waals surface area (Å²) in [5, 5.41) is 33.8. The van der Waals surface area contributed by atoms with Crippen LogP contribution in [0, 0.1) is 35.5 Å². The van der Waals surface area contributed by atoms with Gasteiger partial charge < -0.3 is 43.9 Å². The maximum absolute atomic E-state index is 14.4. The molecule has 15 atom stereocenters. The molecule has 2 bridgehead atoms. The first-order valence-corrected chi connectivity index (χ1v) is 23.9. The highest BCUT2D eigenvalue weighted by Gasteiger charge is 2.53. The van der Waals surface area contributed by atoms with Crippen LogP contribution in [-0.2, 0) is 47.7 Å². The van der Waals surface area contributed by atoms with Gasteiger partial charge in [0.2, 0.25) is 5.79 Å². The Labute approximate surface area is 387 Å². The Morgan fingerprint density at radius 2 is 1.57 bits per heavy atom. The number of ether oxygens (including phenoxy) is 5. The third kappa shape index (κ3) is 14.3. The molecule has 4 aliphatic rings. The number of fused-ring (bicyclic) bond motifs is 3. The standard InChI is InChI=1S/C51H79NO13/c1-30-16-12-11-13-17-31(2)42(61-8)28-38-21-19-36(7)51(60,65-38)48(57)49(58)52-23-15-14-18-39(52)50(59)64-43(33(4)26-37-20-22-40(53)44(27-37)62-9)29-41(54)32(3)25-35(6)46(56)47(63-10)45(55)34(5)24-30/h11-13,16-17,25,30,32-34,36-40,42-44,46-47,53,56,60H,14-15,18-24,26-29H2,1-10H3/t30-,32-,33-,34?,36-,37?,38+,39?,40-,42+,43+,44?,46-,47?,51?/m1/s1. The molecule has 3 fully saturated rings. The number of ketones is 3. The van der Waals surface area contributed by atoms with E-state index in [4.69, 9.17) is 23.7 Å². The summed E-state index contributed by atoms with van der Waals surface area (Å²) < 4.78 is 29.4. The molecule has 0 radical (unpaired) electrons. The molecule has 366 valence electrons. The lowest BCUT2D eigenvalue weighted by molar-refractivity contribution is -0.265. The van der Waals surface area contributed by atoms with E-state index in [1.165, 1.54) is 12.0 Å². The monoisotopic (exact) mass is 914 g/mol. The van der Waals surface area contributed by atoms with E-state index in [0.29, 0.717) is 63.4 Å². The van der Waals surface area contributed by atoms with Gasteiger partial charge in [0.05, 0.1) is 24.4 Å². The maximum atomic E-state index is 14.4. The predicted molar refractivity (Wildman–Crippen MR) is 245 cm³/mol. The summed E-state index contributed by atoms with van der Waals surface area (Å²) in [6.07, 6.45) is 11.2. The maximum Gasteiger partial charge on any atom is 0.329 e. The highest BCUT2D eigenvalue weighted by molar-refractivity contribution is 6.39. The Morgan fingerprint density at radius 3 is 2.25 bits per heavy atom. The van der Waals surface area contributed by atoms with Gasteiger partial charge in [-0.15, -0.1) is 0 Å². The van der Waals surface area contributed by atoms with E-state index in [9.17, 15) is 39.3 Å². The quantitative estimate of drug-likeness (QED) is 0.156. The number of carbonyl (C=O) groups excluding carboxylic acids is 5. The molecular formula is C51H79NO13. The van der Waals surface area contributed by atoms with E-state index >= 15 is 0 Å². The lowest BCUT2D eigenvalue weighted by Gasteiger charge is -2.42. The molecule has 2 saturated heterocycles. The van der Waals surface area contributed by atoms with Crippen LogP contribution in [0.3, 0.4) is 0 Å². The van der Waals surface area contributed by atoms with Gasteiger partial charge in [-0.2, -0.15) is 0 Å². The van der Waals surface area contributed by atoms with Crippen molar-refractivity contribution < 1.29 is 63.0 Å². The minimum absolute atomic E-state index is 0.0193. The van der Waals surface area contributed by atoms with Crippen molar-refractivity contribution in [3.05, 3.63) is 47.6 Å². The summed E-state index contributed by atoms with van der Waals surface area (Å²) in [5.41, 5.74) is 1.27. The second kappa shape index (κ2) is 25.1. The van der Waals surface area contributed by atoms with Gasteiger partial charge in [-0.25, -0.2) is 4.79 Å². The zero-order valence-electron chi connectivity index (χ0n) is 40.6. The van der Waals surface area contributed by atoms with Crippen LogP contribution in [0.15, 0.2) is 47.6 Å². The normalized spacial score (nSPS) is 37.8. The number of allylic oxidation sites excluding steroid dienone is 6. The Balaban J connectivity index is 1.70. The Kier molecular flexibility index (Phi) is 21.0. The van der Waals surface area contributed by atoms with Crippen LogP contribution in [0.25, 0.3) is 0 Å². The van der Waals surface area contributed by atoms with Gasteiger partial charge in [0.1, 0.15) is 30.1 Å². The number of hydrogen-bond acceptors (Lipinski definition) is 13. The molecule has 1 aliphatic carbocycles. The largest absolute Gasteiger partial charge is 0.460 e. The smallest absolute Gasteiger partial charge is 0.329 e. The first-order valence-electron chi connectivity index (χ1n) is 23.9. The molecule has 6 unspecified atom stereocenters. The van der Waals surface area contributed by atoms with Crippen LogP contribution in [0.4, 0.5) is 0 Å². The van der Waals surface area contributed by atoms with E-state index in [0.717, 1.165) is 12.0 Å². The van der Waals surface area contributed by atoms with Crippen LogP contribution in [0.2, 0.25) is 0 Å². The minimum Gasteiger partial charge on any atom is -0.460 e. The van der Waals surface area contributed by atoms with Gasteiger partial charge >= 0.3 is 5.97 Å². The summed E-state index contributed by atoms with van der Waals surface area (Å²) in [5.74, 6) is -7.96. The van der Waals surface area contributed by atoms with Crippen molar-refractivity contribution in [2.75, 3.05) is 27.9 Å². The van der Waals surface area contributed by atoms with Gasteiger partial charge in [0, 0.05) is 58.5 Å². The van der Waals surface area contributed by atoms with E-state index in [-0.39, 0.29) is 54.8 Å². The molecule has 3 N–H and O–H groups in total. The number of carbonyl (C=O) groups is 5. The van der Waals surface area contributed by atoms with Crippen molar-refractivity contribution >= 4 is 29.2 Å². The summed E-state index contributed by atoms with van der Waals surface area (Å²) in [6, 6.07) is -1.14. The van der Waals surface area contributed by atoms with E-state index < -0.39 is 83.9 Å². The average molecular weight is 914 g/mol. The number of amides is 1. The molecule has 1 amide bonds. The van der Waals surface area contributed by atoms with Crippen molar-refractivity contribution in [2.24, 2.45) is 35.5 Å². The molecular weight excluding hydrogens is 835 g/mol. The molecule has 1 saturated carbocycles. The fraction of sp³-hybridized carbons (Fsp3) is 0.745. The number of hydrogen-bond donors (Lipinski definition) is 3. The average Bonchev–Trinajstić information content (AvgIpc) is 3.28.